The third kappa shape index (κ3) is 7.39. The first-order valence-electron chi connectivity index (χ1n) is 14.0. The van der Waals surface area contributed by atoms with Crippen molar-refractivity contribution in [2.75, 3.05) is 13.1 Å². The molecule has 39 heavy (non-hydrogen) atoms. The molecule has 3 N–H and O–H groups in total. The molecule has 2 rings (SSSR count). The number of ether oxygens (including phenoxy) is 1. The second-order valence-electron chi connectivity index (χ2n) is 12.9. The van der Waals surface area contributed by atoms with Crippen LogP contribution in [0, 0.1) is 28.6 Å². The van der Waals surface area contributed by atoms with Crippen molar-refractivity contribution < 1.29 is 28.7 Å². The molecule has 10 nitrogen and oxygen atoms in total. The van der Waals surface area contributed by atoms with Crippen molar-refractivity contribution in [2.24, 2.45) is 28.6 Å². The highest BCUT2D eigenvalue weighted by molar-refractivity contribution is 6.38. The lowest BCUT2D eigenvalue weighted by Crippen LogP contribution is -2.60. The fourth-order valence-corrected chi connectivity index (χ4v) is 5.31. The van der Waals surface area contributed by atoms with Crippen LogP contribution in [0.2, 0.25) is 0 Å². The van der Waals surface area contributed by atoms with Gasteiger partial charge in [-0.3, -0.25) is 19.2 Å². The van der Waals surface area contributed by atoms with E-state index >= 15 is 0 Å². The van der Waals surface area contributed by atoms with Gasteiger partial charge < -0.3 is 25.6 Å². The normalized spacial score (nSPS) is 23.6. The predicted octanol–water partition coefficient (Wildman–Crippen LogP) is 2.81. The smallest absolute Gasteiger partial charge is 0.408 e. The Balaban J connectivity index is 2.29. The summed E-state index contributed by atoms with van der Waals surface area (Å²) in [7, 11) is 0. The van der Waals surface area contributed by atoms with Gasteiger partial charge in [-0.2, -0.15) is 0 Å². The Labute approximate surface area is 233 Å². The second-order valence-corrected chi connectivity index (χ2v) is 12.9. The predicted molar refractivity (Wildman–Crippen MR) is 148 cm³/mol. The zero-order valence-corrected chi connectivity index (χ0v) is 25.1. The number of alkyl carbamates (subject to hydrolysis) is 1. The zero-order chi connectivity index (χ0) is 29.9. The van der Waals surface area contributed by atoms with E-state index in [1.165, 1.54) is 11.0 Å². The summed E-state index contributed by atoms with van der Waals surface area (Å²) in [6, 6.07) is -2.76. The lowest BCUT2D eigenvalue weighted by molar-refractivity contribution is -0.145. The number of nitrogens with one attached hydrogen (secondary N) is 3. The molecule has 0 bridgehead atoms. The SMILES string of the molecule is C=CCNC(=O)C(=O)C(CCC)NC(=O)[C@@H]1[C@@H]2C(CN1C(=O)[C@@H](NC(=O)OC(C)C(C)C)C(C)(C)C)C2(C)C. The Bertz CT molecular complexity index is 969. The lowest BCUT2D eigenvalue weighted by atomic mass is 9.85. The quantitative estimate of drug-likeness (QED) is 0.254. The van der Waals surface area contributed by atoms with Crippen LogP contribution in [0.1, 0.15) is 75.2 Å². The van der Waals surface area contributed by atoms with Crippen molar-refractivity contribution in [1.29, 1.82) is 0 Å². The van der Waals surface area contributed by atoms with Crippen LogP contribution in [0.3, 0.4) is 0 Å². The highest BCUT2D eigenvalue weighted by Gasteiger charge is 2.69. The molecule has 0 aromatic rings. The summed E-state index contributed by atoms with van der Waals surface area (Å²) in [5.74, 6) is -2.23. The van der Waals surface area contributed by atoms with Crippen LogP contribution in [0.4, 0.5) is 4.79 Å². The standard InChI is InChI=1S/C29H48N4O6/c1-11-13-19(22(34)25(36)30-14-12-2)31-24(35)21-20-18(29(20,9)10)15-33(21)26(37)23(28(6,7)8)32-27(38)39-17(5)16(3)4/h12,16-21,23H,2,11,13-15H2,1,3-10H3,(H,30,36)(H,31,35)(H,32,38)/t17?,18?,19?,20-,21-,23+/m0/s1. The Morgan fingerprint density at radius 2 is 1.72 bits per heavy atom. The van der Waals surface area contributed by atoms with Gasteiger partial charge in [-0.25, -0.2) is 4.79 Å². The van der Waals surface area contributed by atoms with Crippen LogP contribution < -0.4 is 16.0 Å². The number of fused-ring (bicyclic) bond motifs is 1. The summed E-state index contributed by atoms with van der Waals surface area (Å²) < 4.78 is 5.46. The summed E-state index contributed by atoms with van der Waals surface area (Å²) in [4.78, 5) is 67.0. The number of ketones is 1. The van der Waals surface area contributed by atoms with E-state index in [0.717, 1.165) is 0 Å². The van der Waals surface area contributed by atoms with Gasteiger partial charge in [-0.05, 0) is 41.9 Å². The van der Waals surface area contributed by atoms with E-state index in [2.05, 4.69) is 36.4 Å². The highest BCUT2D eigenvalue weighted by atomic mass is 16.6. The van der Waals surface area contributed by atoms with Crippen LogP contribution in [-0.2, 0) is 23.9 Å². The van der Waals surface area contributed by atoms with Crippen molar-refractivity contribution in [3.05, 3.63) is 12.7 Å². The number of likely N-dealkylation sites (tertiary alicyclic amines) is 1. The number of hydrogen-bond donors (Lipinski definition) is 3. The van der Waals surface area contributed by atoms with Crippen LogP contribution >= 0.6 is 0 Å². The maximum Gasteiger partial charge on any atom is 0.408 e. The van der Waals surface area contributed by atoms with Crippen molar-refractivity contribution in [3.63, 3.8) is 0 Å². The number of rotatable bonds is 12. The largest absolute Gasteiger partial charge is 0.446 e. The van der Waals surface area contributed by atoms with Gasteiger partial charge in [0.15, 0.2) is 0 Å². The van der Waals surface area contributed by atoms with Gasteiger partial charge in [0.2, 0.25) is 17.6 Å². The molecule has 0 radical (unpaired) electrons. The van der Waals surface area contributed by atoms with Gasteiger partial charge in [-0.15, -0.1) is 6.58 Å². The van der Waals surface area contributed by atoms with E-state index in [9.17, 15) is 24.0 Å². The molecular formula is C29H48N4O6. The topological polar surface area (TPSA) is 134 Å². The summed E-state index contributed by atoms with van der Waals surface area (Å²) in [5.41, 5.74) is -0.814. The van der Waals surface area contributed by atoms with Crippen LogP contribution in [0.5, 0.6) is 0 Å². The minimum atomic E-state index is -1.01. The molecule has 220 valence electrons. The first-order chi connectivity index (χ1) is 18.0. The van der Waals surface area contributed by atoms with Crippen molar-refractivity contribution in [1.82, 2.24) is 20.9 Å². The maximum atomic E-state index is 13.9. The highest BCUT2D eigenvalue weighted by Crippen LogP contribution is 2.65. The van der Waals surface area contributed by atoms with E-state index in [1.54, 1.807) is 6.92 Å². The Hall–Kier alpha value is -2.91. The molecule has 1 saturated carbocycles. The van der Waals surface area contributed by atoms with E-state index in [-0.39, 0.29) is 48.1 Å². The first-order valence-corrected chi connectivity index (χ1v) is 14.0. The second kappa shape index (κ2) is 12.5. The Morgan fingerprint density at radius 1 is 1.10 bits per heavy atom. The molecule has 10 heteroatoms. The van der Waals surface area contributed by atoms with Crippen LogP contribution in [0.15, 0.2) is 12.7 Å². The average Bonchev–Trinajstić information content (AvgIpc) is 3.17. The minimum Gasteiger partial charge on any atom is -0.446 e. The molecule has 2 fully saturated rings. The molecule has 0 spiro atoms. The number of hydrogen-bond acceptors (Lipinski definition) is 6. The number of nitrogens with zero attached hydrogens (tertiary/aromatic N) is 1. The molecule has 3 unspecified atom stereocenters. The summed E-state index contributed by atoms with van der Waals surface area (Å²) >= 11 is 0. The molecule has 1 aliphatic carbocycles. The first kappa shape index (κ1) is 32.3. The number of piperidine rings is 1. The van der Waals surface area contributed by atoms with Gasteiger partial charge in [0, 0.05) is 13.1 Å². The van der Waals surface area contributed by atoms with E-state index in [0.29, 0.717) is 13.0 Å². The Morgan fingerprint density at radius 3 is 2.23 bits per heavy atom. The van der Waals surface area contributed by atoms with Crippen molar-refractivity contribution in [3.8, 4) is 0 Å². The van der Waals surface area contributed by atoms with E-state index < -0.39 is 47.2 Å². The fraction of sp³-hybridized carbons (Fsp3) is 0.759. The zero-order valence-electron chi connectivity index (χ0n) is 25.1. The number of carbonyl (C=O) groups is 5. The molecular weight excluding hydrogens is 500 g/mol. The van der Waals surface area contributed by atoms with Gasteiger partial charge in [-0.1, -0.05) is 67.9 Å². The maximum absolute atomic E-state index is 13.9. The van der Waals surface area contributed by atoms with E-state index in [4.69, 9.17) is 4.74 Å². The number of carbonyl (C=O) groups excluding carboxylic acids is 5. The van der Waals surface area contributed by atoms with Gasteiger partial charge in [0.1, 0.15) is 18.2 Å². The molecule has 6 atom stereocenters. The van der Waals surface area contributed by atoms with Crippen molar-refractivity contribution >= 4 is 29.6 Å². The third-order valence-electron chi connectivity index (χ3n) is 8.21. The van der Waals surface area contributed by atoms with Gasteiger partial charge in [0.25, 0.3) is 5.91 Å². The number of amides is 4. The summed E-state index contributed by atoms with van der Waals surface area (Å²) in [5, 5.41) is 7.98. The summed E-state index contributed by atoms with van der Waals surface area (Å²) in [6.45, 7) is 21.2. The molecule has 1 aliphatic heterocycles. The molecule has 1 heterocycles. The lowest BCUT2D eigenvalue weighted by Gasteiger charge is -2.38. The van der Waals surface area contributed by atoms with E-state index in [1.807, 2.05) is 41.5 Å². The molecule has 0 aromatic heterocycles. The summed E-state index contributed by atoms with van der Waals surface area (Å²) in [6.07, 6.45) is 1.31. The molecule has 2 aliphatic rings. The minimum absolute atomic E-state index is 0.0954. The van der Waals surface area contributed by atoms with Crippen LogP contribution in [0.25, 0.3) is 0 Å². The Kier molecular flexibility index (Phi) is 10.4. The van der Waals surface area contributed by atoms with Crippen LogP contribution in [-0.4, -0.2) is 71.8 Å². The molecule has 0 aromatic carbocycles. The van der Waals surface area contributed by atoms with Gasteiger partial charge >= 0.3 is 6.09 Å². The monoisotopic (exact) mass is 548 g/mol. The van der Waals surface area contributed by atoms with Crippen molar-refractivity contribution in [2.45, 2.75) is 99.4 Å². The third-order valence-corrected chi connectivity index (χ3v) is 8.21. The average molecular weight is 549 g/mol. The van der Waals surface area contributed by atoms with Gasteiger partial charge in [0.05, 0.1) is 6.04 Å². The fourth-order valence-electron chi connectivity index (χ4n) is 5.31. The number of Topliss-reactive ketones (excluding diaryl/α,β-unsaturated/α-hetero) is 1. The molecule has 4 amide bonds. The molecule has 1 saturated heterocycles.